The van der Waals surface area contributed by atoms with Crippen molar-refractivity contribution >= 4 is 11.6 Å². The van der Waals surface area contributed by atoms with Gasteiger partial charge in [-0.1, -0.05) is 6.07 Å². The molecule has 0 aliphatic carbocycles. The third-order valence-corrected chi connectivity index (χ3v) is 3.00. The van der Waals surface area contributed by atoms with Crippen LogP contribution in [0.3, 0.4) is 0 Å². The molecule has 0 aromatic carbocycles. The molecule has 0 bridgehead atoms. The van der Waals surface area contributed by atoms with Crippen LogP contribution in [-0.4, -0.2) is 28.6 Å². The smallest absolute Gasteiger partial charge is 0.204 e. The van der Waals surface area contributed by atoms with Crippen LogP contribution in [-0.2, 0) is 6.54 Å². The van der Waals surface area contributed by atoms with E-state index in [1.54, 1.807) is 7.11 Å². The van der Waals surface area contributed by atoms with Gasteiger partial charge in [-0.25, -0.2) is 9.97 Å². The van der Waals surface area contributed by atoms with Gasteiger partial charge in [0.2, 0.25) is 5.75 Å². The average molecular weight is 273 g/mol. The van der Waals surface area contributed by atoms with E-state index in [0.29, 0.717) is 23.9 Å². The minimum Gasteiger partial charge on any atom is -0.490 e. The minimum atomic E-state index is 0.341. The number of hydrogen-bond donors (Lipinski definition) is 1. The molecule has 106 valence electrons. The molecule has 20 heavy (non-hydrogen) atoms. The summed E-state index contributed by atoms with van der Waals surface area (Å²) in [7, 11) is 1.57. The van der Waals surface area contributed by atoms with E-state index >= 15 is 0 Å². The summed E-state index contributed by atoms with van der Waals surface area (Å²) in [5, 5.41) is 0. The standard InChI is InChI=1S/C14H19N5O/c1-4-19(8-11-7-5-6-10(2)18-11)14-12(20-3)13(15)16-9-17-14/h5-7,9H,4,8H2,1-3H3,(H2,15,16,17). The average Bonchev–Trinajstić information content (AvgIpc) is 2.44. The molecule has 0 saturated carbocycles. The van der Waals surface area contributed by atoms with Gasteiger partial charge in [-0.05, 0) is 26.0 Å². The highest BCUT2D eigenvalue weighted by atomic mass is 16.5. The summed E-state index contributed by atoms with van der Waals surface area (Å²) >= 11 is 0. The zero-order chi connectivity index (χ0) is 14.5. The molecule has 2 aromatic heterocycles. The van der Waals surface area contributed by atoms with Gasteiger partial charge in [-0.3, -0.25) is 4.98 Å². The van der Waals surface area contributed by atoms with Crippen molar-refractivity contribution in [3.63, 3.8) is 0 Å². The van der Waals surface area contributed by atoms with Gasteiger partial charge in [-0.15, -0.1) is 0 Å². The zero-order valence-corrected chi connectivity index (χ0v) is 12.0. The van der Waals surface area contributed by atoms with Crippen molar-refractivity contribution in [3.05, 3.63) is 35.9 Å². The fourth-order valence-electron chi connectivity index (χ4n) is 2.02. The molecule has 6 heteroatoms. The van der Waals surface area contributed by atoms with Crippen LogP contribution < -0.4 is 15.4 Å². The van der Waals surface area contributed by atoms with Gasteiger partial charge in [0.1, 0.15) is 6.33 Å². The molecule has 0 fully saturated rings. The summed E-state index contributed by atoms with van der Waals surface area (Å²) in [5.41, 5.74) is 7.79. The van der Waals surface area contributed by atoms with E-state index in [2.05, 4.69) is 19.9 Å². The van der Waals surface area contributed by atoms with Crippen LogP contribution in [0.1, 0.15) is 18.3 Å². The number of rotatable bonds is 5. The largest absolute Gasteiger partial charge is 0.490 e. The van der Waals surface area contributed by atoms with Crippen LogP contribution in [0.15, 0.2) is 24.5 Å². The van der Waals surface area contributed by atoms with Gasteiger partial charge in [0, 0.05) is 12.2 Å². The van der Waals surface area contributed by atoms with Crippen LogP contribution in [0.25, 0.3) is 0 Å². The highest BCUT2D eigenvalue weighted by molar-refractivity contribution is 5.62. The summed E-state index contributed by atoms with van der Waals surface area (Å²) in [6.07, 6.45) is 1.44. The first-order valence-electron chi connectivity index (χ1n) is 6.47. The lowest BCUT2D eigenvalue weighted by atomic mass is 10.3. The third-order valence-electron chi connectivity index (χ3n) is 3.00. The Hall–Kier alpha value is -2.37. The Balaban J connectivity index is 2.31. The normalized spacial score (nSPS) is 10.3. The van der Waals surface area contributed by atoms with E-state index in [-0.39, 0.29) is 0 Å². The molecule has 0 radical (unpaired) electrons. The Kier molecular flexibility index (Phi) is 4.34. The Morgan fingerprint density at radius 2 is 2.10 bits per heavy atom. The summed E-state index contributed by atoms with van der Waals surface area (Å²) in [6.45, 7) is 5.43. The molecule has 2 N–H and O–H groups in total. The Labute approximate surface area is 118 Å². The van der Waals surface area contributed by atoms with Crippen molar-refractivity contribution in [2.24, 2.45) is 0 Å². The van der Waals surface area contributed by atoms with E-state index in [9.17, 15) is 0 Å². The highest BCUT2D eigenvalue weighted by Crippen LogP contribution is 2.30. The number of pyridine rings is 1. The van der Waals surface area contributed by atoms with Gasteiger partial charge in [0.15, 0.2) is 11.6 Å². The second kappa shape index (κ2) is 6.18. The molecule has 0 saturated heterocycles. The highest BCUT2D eigenvalue weighted by Gasteiger charge is 2.16. The van der Waals surface area contributed by atoms with Gasteiger partial charge in [0.05, 0.1) is 19.3 Å². The zero-order valence-electron chi connectivity index (χ0n) is 12.0. The summed E-state index contributed by atoms with van der Waals surface area (Å²) in [6, 6.07) is 5.97. The molecule has 2 heterocycles. The number of anilines is 2. The van der Waals surface area contributed by atoms with E-state index in [1.165, 1.54) is 6.33 Å². The topological polar surface area (TPSA) is 77.2 Å². The molecule has 0 atom stereocenters. The van der Waals surface area contributed by atoms with Crippen molar-refractivity contribution in [2.45, 2.75) is 20.4 Å². The van der Waals surface area contributed by atoms with E-state index in [0.717, 1.165) is 17.9 Å². The van der Waals surface area contributed by atoms with Crippen LogP contribution >= 0.6 is 0 Å². The van der Waals surface area contributed by atoms with Crippen LogP contribution in [0.4, 0.5) is 11.6 Å². The molecule has 0 amide bonds. The SMILES string of the molecule is CCN(Cc1cccc(C)n1)c1ncnc(N)c1OC. The quantitative estimate of drug-likeness (QED) is 0.895. The van der Waals surface area contributed by atoms with Crippen LogP contribution in [0, 0.1) is 6.92 Å². The van der Waals surface area contributed by atoms with Crippen molar-refractivity contribution in [2.75, 3.05) is 24.3 Å². The lowest BCUT2D eigenvalue weighted by Gasteiger charge is -2.23. The molecule has 2 aromatic rings. The lowest BCUT2D eigenvalue weighted by Crippen LogP contribution is -2.24. The predicted molar refractivity (Wildman–Crippen MR) is 78.7 cm³/mol. The number of aryl methyl sites for hydroxylation is 1. The Bertz CT molecular complexity index is 588. The number of nitrogens with zero attached hydrogens (tertiary/aromatic N) is 4. The van der Waals surface area contributed by atoms with E-state index in [4.69, 9.17) is 10.5 Å². The van der Waals surface area contributed by atoms with E-state index in [1.807, 2.05) is 32.0 Å². The number of aromatic nitrogens is 3. The Morgan fingerprint density at radius 3 is 2.75 bits per heavy atom. The fraction of sp³-hybridized carbons (Fsp3) is 0.357. The number of nitrogen functional groups attached to an aromatic ring is 1. The summed E-state index contributed by atoms with van der Waals surface area (Å²) < 4.78 is 5.31. The van der Waals surface area contributed by atoms with Crippen molar-refractivity contribution < 1.29 is 4.74 Å². The predicted octanol–water partition coefficient (Wildman–Crippen LogP) is 1.80. The number of hydrogen-bond acceptors (Lipinski definition) is 6. The van der Waals surface area contributed by atoms with Gasteiger partial charge < -0.3 is 15.4 Å². The molecule has 6 nitrogen and oxygen atoms in total. The second-order valence-corrected chi connectivity index (χ2v) is 4.40. The van der Waals surface area contributed by atoms with Crippen LogP contribution in [0.2, 0.25) is 0 Å². The second-order valence-electron chi connectivity index (χ2n) is 4.40. The van der Waals surface area contributed by atoms with Gasteiger partial charge in [0.25, 0.3) is 0 Å². The maximum atomic E-state index is 5.82. The summed E-state index contributed by atoms with van der Waals surface area (Å²) in [5.74, 6) is 1.53. The summed E-state index contributed by atoms with van der Waals surface area (Å²) in [4.78, 5) is 14.8. The molecule has 2 rings (SSSR count). The maximum absolute atomic E-state index is 5.82. The maximum Gasteiger partial charge on any atom is 0.204 e. The fourth-order valence-corrected chi connectivity index (χ4v) is 2.02. The van der Waals surface area contributed by atoms with Crippen molar-refractivity contribution in [3.8, 4) is 5.75 Å². The van der Waals surface area contributed by atoms with Gasteiger partial charge in [-0.2, -0.15) is 0 Å². The van der Waals surface area contributed by atoms with Gasteiger partial charge >= 0.3 is 0 Å². The molecular formula is C14H19N5O. The number of nitrogens with two attached hydrogens (primary N) is 1. The number of methoxy groups -OCH3 is 1. The van der Waals surface area contributed by atoms with Crippen molar-refractivity contribution in [1.82, 2.24) is 15.0 Å². The number of ether oxygens (including phenoxy) is 1. The van der Waals surface area contributed by atoms with E-state index < -0.39 is 0 Å². The monoisotopic (exact) mass is 273 g/mol. The molecular weight excluding hydrogens is 254 g/mol. The molecule has 0 aliphatic heterocycles. The minimum absolute atomic E-state index is 0.341. The molecule has 0 aliphatic rings. The van der Waals surface area contributed by atoms with Crippen LogP contribution in [0.5, 0.6) is 5.75 Å². The van der Waals surface area contributed by atoms with Crippen molar-refractivity contribution in [1.29, 1.82) is 0 Å². The Morgan fingerprint density at radius 1 is 1.30 bits per heavy atom. The first-order chi connectivity index (χ1) is 9.65. The molecule has 0 unspecified atom stereocenters. The first kappa shape index (κ1) is 14.0. The third kappa shape index (κ3) is 2.96. The first-order valence-corrected chi connectivity index (χ1v) is 6.47. The molecule has 0 spiro atoms. The lowest BCUT2D eigenvalue weighted by molar-refractivity contribution is 0.412.